The second-order valence-corrected chi connectivity index (χ2v) is 5.38. The summed E-state index contributed by atoms with van der Waals surface area (Å²) >= 11 is 0. The maximum atomic E-state index is 12.1. The summed E-state index contributed by atoms with van der Waals surface area (Å²) in [5.41, 5.74) is 7.00. The molecule has 1 aromatic carbocycles. The van der Waals surface area contributed by atoms with Crippen molar-refractivity contribution in [2.45, 2.75) is 58.4 Å². The van der Waals surface area contributed by atoms with Gasteiger partial charge in [0.15, 0.2) is 0 Å². The number of benzene rings is 1. The molecule has 2 N–H and O–H groups in total. The topological polar surface area (TPSA) is 35.2 Å². The molecule has 0 saturated carbocycles. The van der Waals surface area contributed by atoms with Crippen molar-refractivity contribution in [3.8, 4) is 5.75 Å². The van der Waals surface area contributed by atoms with E-state index in [1.54, 1.807) is 12.1 Å². The van der Waals surface area contributed by atoms with Gasteiger partial charge in [-0.1, -0.05) is 51.7 Å². The summed E-state index contributed by atoms with van der Waals surface area (Å²) in [6, 6.07) is 5.70. The fourth-order valence-corrected chi connectivity index (χ4v) is 2.39. The van der Waals surface area contributed by atoms with E-state index >= 15 is 0 Å². The lowest BCUT2D eigenvalue weighted by Gasteiger charge is -2.20. The standard InChI is InChI=1S/C16H24F3NO/c1-3-5-6-12(4-2)11-15(20)13-7-9-14(10-8-13)21-16(17,18)19/h7-10,12,15H,3-6,11,20H2,1-2H3. The average molecular weight is 303 g/mol. The van der Waals surface area contributed by atoms with Crippen molar-refractivity contribution in [1.29, 1.82) is 0 Å². The van der Waals surface area contributed by atoms with Gasteiger partial charge in [0.1, 0.15) is 5.75 Å². The quantitative estimate of drug-likeness (QED) is 0.717. The first kappa shape index (κ1) is 17.8. The van der Waals surface area contributed by atoms with Gasteiger partial charge in [-0.05, 0) is 30.0 Å². The molecule has 0 aliphatic rings. The van der Waals surface area contributed by atoms with Crippen LogP contribution in [0.4, 0.5) is 13.2 Å². The summed E-state index contributed by atoms with van der Waals surface area (Å²) in [5, 5.41) is 0. The third-order valence-electron chi connectivity index (χ3n) is 3.67. The minimum atomic E-state index is -4.66. The zero-order valence-corrected chi connectivity index (χ0v) is 12.6. The van der Waals surface area contributed by atoms with Gasteiger partial charge < -0.3 is 10.5 Å². The molecule has 0 heterocycles. The SMILES string of the molecule is CCCCC(CC)CC(N)c1ccc(OC(F)(F)F)cc1. The Labute approximate surface area is 124 Å². The molecular formula is C16H24F3NO. The molecular weight excluding hydrogens is 279 g/mol. The fraction of sp³-hybridized carbons (Fsp3) is 0.625. The molecule has 0 amide bonds. The molecule has 2 unspecified atom stereocenters. The van der Waals surface area contributed by atoms with Crippen LogP contribution >= 0.6 is 0 Å². The highest BCUT2D eigenvalue weighted by atomic mass is 19.4. The van der Waals surface area contributed by atoms with Crippen LogP contribution in [-0.4, -0.2) is 6.36 Å². The molecule has 2 atom stereocenters. The minimum Gasteiger partial charge on any atom is -0.406 e. The van der Waals surface area contributed by atoms with E-state index in [2.05, 4.69) is 18.6 Å². The van der Waals surface area contributed by atoms with Gasteiger partial charge in [-0.25, -0.2) is 0 Å². The fourth-order valence-electron chi connectivity index (χ4n) is 2.39. The highest BCUT2D eigenvalue weighted by Gasteiger charge is 2.31. The Morgan fingerprint density at radius 1 is 1.14 bits per heavy atom. The number of alkyl halides is 3. The van der Waals surface area contributed by atoms with Gasteiger partial charge in [-0.3, -0.25) is 0 Å². The summed E-state index contributed by atoms with van der Waals surface area (Å²) in [4.78, 5) is 0. The Morgan fingerprint density at radius 3 is 2.24 bits per heavy atom. The molecule has 0 saturated heterocycles. The molecule has 0 spiro atoms. The normalized spacial score (nSPS) is 14.8. The van der Waals surface area contributed by atoms with Crippen LogP contribution in [-0.2, 0) is 0 Å². The summed E-state index contributed by atoms with van der Waals surface area (Å²) in [6.45, 7) is 4.30. The lowest BCUT2D eigenvalue weighted by molar-refractivity contribution is -0.274. The average Bonchev–Trinajstić information content (AvgIpc) is 2.42. The smallest absolute Gasteiger partial charge is 0.406 e. The summed E-state index contributed by atoms with van der Waals surface area (Å²) in [6.07, 6.45) is 0.769. The Balaban J connectivity index is 2.59. The largest absolute Gasteiger partial charge is 0.573 e. The van der Waals surface area contributed by atoms with E-state index in [0.29, 0.717) is 5.92 Å². The minimum absolute atomic E-state index is 0.147. The first-order chi connectivity index (χ1) is 9.85. The van der Waals surface area contributed by atoms with Crippen LogP contribution in [0.3, 0.4) is 0 Å². The second-order valence-electron chi connectivity index (χ2n) is 5.38. The van der Waals surface area contributed by atoms with Gasteiger partial charge in [0.05, 0.1) is 0 Å². The molecule has 120 valence electrons. The molecule has 2 nitrogen and oxygen atoms in total. The maximum Gasteiger partial charge on any atom is 0.573 e. The van der Waals surface area contributed by atoms with Crippen molar-refractivity contribution in [3.63, 3.8) is 0 Å². The molecule has 21 heavy (non-hydrogen) atoms. The van der Waals surface area contributed by atoms with Crippen molar-refractivity contribution < 1.29 is 17.9 Å². The maximum absolute atomic E-state index is 12.1. The van der Waals surface area contributed by atoms with Gasteiger partial charge in [-0.15, -0.1) is 13.2 Å². The van der Waals surface area contributed by atoms with E-state index in [1.807, 2.05) is 0 Å². The summed E-state index contributed by atoms with van der Waals surface area (Å²) in [5.74, 6) is 0.350. The lowest BCUT2D eigenvalue weighted by Crippen LogP contribution is -2.18. The van der Waals surface area contributed by atoms with Crippen LogP contribution in [0.5, 0.6) is 5.75 Å². The van der Waals surface area contributed by atoms with Crippen molar-refractivity contribution in [3.05, 3.63) is 29.8 Å². The predicted molar refractivity (Wildman–Crippen MR) is 78.0 cm³/mol. The molecule has 0 aliphatic carbocycles. The third-order valence-corrected chi connectivity index (χ3v) is 3.67. The zero-order chi connectivity index (χ0) is 15.9. The first-order valence-corrected chi connectivity index (χ1v) is 7.47. The summed E-state index contributed by atoms with van der Waals surface area (Å²) in [7, 11) is 0. The van der Waals surface area contributed by atoms with Gasteiger partial charge in [0.2, 0.25) is 0 Å². The molecule has 5 heteroatoms. The van der Waals surface area contributed by atoms with Crippen molar-refractivity contribution in [1.82, 2.24) is 0 Å². The van der Waals surface area contributed by atoms with Crippen molar-refractivity contribution in [2.24, 2.45) is 11.7 Å². The van der Waals surface area contributed by atoms with Gasteiger partial charge >= 0.3 is 6.36 Å². The summed E-state index contributed by atoms with van der Waals surface area (Å²) < 4.78 is 40.1. The molecule has 1 aromatic rings. The number of halogens is 3. The van der Waals surface area contributed by atoms with Crippen LogP contribution in [0.2, 0.25) is 0 Å². The van der Waals surface area contributed by atoms with Crippen LogP contribution in [0.25, 0.3) is 0 Å². The van der Waals surface area contributed by atoms with E-state index in [-0.39, 0.29) is 11.8 Å². The third kappa shape index (κ3) is 6.85. The Morgan fingerprint density at radius 2 is 1.76 bits per heavy atom. The molecule has 0 aromatic heterocycles. The second kappa shape index (κ2) is 8.27. The van der Waals surface area contributed by atoms with E-state index in [0.717, 1.165) is 31.2 Å². The molecule has 0 fully saturated rings. The number of ether oxygens (including phenoxy) is 1. The molecule has 0 radical (unpaired) electrons. The highest BCUT2D eigenvalue weighted by Crippen LogP contribution is 2.28. The Hall–Kier alpha value is -1.23. The predicted octanol–water partition coefficient (Wildman–Crippen LogP) is 5.19. The number of hydrogen-bond donors (Lipinski definition) is 1. The Bertz CT molecular complexity index is 403. The zero-order valence-electron chi connectivity index (χ0n) is 12.6. The van der Waals surface area contributed by atoms with E-state index in [1.165, 1.54) is 18.6 Å². The van der Waals surface area contributed by atoms with E-state index in [4.69, 9.17) is 5.73 Å². The van der Waals surface area contributed by atoms with Crippen molar-refractivity contribution >= 4 is 0 Å². The number of nitrogens with two attached hydrogens (primary N) is 1. The van der Waals surface area contributed by atoms with Crippen LogP contribution < -0.4 is 10.5 Å². The van der Waals surface area contributed by atoms with Crippen LogP contribution in [0, 0.1) is 5.92 Å². The van der Waals surface area contributed by atoms with Crippen LogP contribution in [0.15, 0.2) is 24.3 Å². The van der Waals surface area contributed by atoms with Crippen molar-refractivity contribution in [2.75, 3.05) is 0 Å². The van der Waals surface area contributed by atoms with E-state index < -0.39 is 6.36 Å². The number of rotatable bonds is 8. The molecule has 1 rings (SSSR count). The van der Waals surface area contributed by atoms with Gasteiger partial charge in [-0.2, -0.15) is 0 Å². The lowest BCUT2D eigenvalue weighted by atomic mass is 9.89. The first-order valence-electron chi connectivity index (χ1n) is 7.47. The monoisotopic (exact) mass is 303 g/mol. The molecule has 0 aliphatic heterocycles. The molecule has 0 bridgehead atoms. The van der Waals surface area contributed by atoms with Crippen LogP contribution in [0.1, 0.15) is 57.6 Å². The number of unbranched alkanes of at least 4 members (excludes halogenated alkanes) is 1. The highest BCUT2D eigenvalue weighted by molar-refractivity contribution is 5.29. The van der Waals surface area contributed by atoms with Gasteiger partial charge in [0.25, 0.3) is 0 Å². The van der Waals surface area contributed by atoms with E-state index in [9.17, 15) is 13.2 Å². The number of hydrogen-bond acceptors (Lipinski definition) is 2. The van der Waals surface area contributed by atoms with Gasteiger partial charge in [0, 0.05) is 6.04 Å². The Kier molecular flexibility index (Phi) is 7.02.